The molecule has 0 aromatic carbocycles. The molecule has 0 spiro atoms. The van der Waals surface area contributed by atoms with Gasteiger partial charge in [-0.05, 0) is 43.6 Å². The Morgan fingerprint density at radius 2 is 1.86 bits per heavy atom. The first-order valence-corrected chi connectivity index (χ1v) is 11.2. The normalized spacial score (nSPS) is 31.4. The standard InChI is InChI=1S/C16H31NO3S2/c18-22(19,21)20-12-11-17-10-4-3-5-14-8-9-15-6-1-2-7-16(15)13-14/h14-17H,1-13H2,(H,18,19,21)/t14-,15+,16+/m1/s1. The zero-order valence-electron chi connectivity index (χ0n) is 13.5. The molecule has 6 heteroatoms. The second-order valence-corrected chi connectivity index (χ2v) is 9.33. The highest BCUT2D eigenvalue weighted by Gasteiger charge is 2.31. The van der Waals surface area contributed by atoms with Crippen molar-refractivity contribution in [2.45, 2.75) is 64.2 Å². The van der Waals surface area contributed by atoms with Gasteiger partial charge in [-0.1, -0.05) is 44.9 Å². The highest BCUT2D eigenvalue weighted by Crippen LogP contribution is 2.43. The monoisotopic (exact) mass is 349 g/mol. The lowest BCUT2D eigenvalue weighted by molar-refractivity contribution is 0.124. The molecule has 0 saturated heterocycles. The zero-order valence-corrected chi connectivity index (χ0v) is 15.1. The predicted octanol–water partition coefficient (Wildman–Crippen LogP) is 3.50. The van der Waals surface area contributed by atoms with Crippen LogP contribution in [0.5, 0.6) is 0 Å². The smallest absolute Gasteiger partial charge is 0.266 e. The maximum atomic E-state index is 10.7. The Morgan fingerprint density at radius 3 is 2.64 bits per heavy atom. The van der Waals surface area contributed by atoms with Gasteiger partial charge < -0.3 is 5.32 Å². The fourth-order valence-corrected chi connectivity index (χ4v) is 4.76. The minimum Gasteiger partial charge on any atom is -0.314 e. The summed E-state index contributed by atoms with van der Waals surface area (Å²) in [6, 6.07) is 0. The maximum Gasteiger partial charge on any atom is 0.266 e. The summed E-state index contributed by atoms with van der Waals surface area (Å²) >= 11 is 4.25. The fraction of sp³-hybridized carbons (Fsp3) is 1.00. The van der Waals surface area contributed by atoms with E-state index in [0.29, 0.717) is 6.54 Å². The van der Waals surface area contributed by atoms with Crippen LogP contribution in [0, 0.1) is 17.8 Å². The number of fused-ring (bicyclic) bond motifs is 1. The average Bonchev–Trinajstić information content (AvgIpc) is 2.48. The van der Waals surface area contributed by atoms with Crippen molar-refractivity contribution in [3.05, 3.63) is 0 Å². The van der Waals surface area contributed by atoms with Crippen LogP contribution in [0.4, 0.5) is 0 Å². The molecular formula is C16H31NO3S2. The molecule has 0 radical (unpaired) electrons. The third-order valence-corrected chi connectivity index (χ3v) is 6.13. The first-order valence-electron chi connectivity index (χ1n) is 8.87. The first-order chi connectivity index (χ1) is 10.5. The Kier molecular flexibility index (Phi) is 8.05. The fourth-order valence-electron chi connectivity index (χ4n) is 4.26. The molecule has 0 heterocycles. The summed E-state index contributed by atoms with van der Waals surface area (Å²) in [5.74, 6) is 3.05. The summed E-state index contributed by atoms with van der Waals surface area (Å²) < 4.78 is 24.1. The molecule has 2 rings (SSSR count). The van der Waals surface area contributed by atoms with Crippen LogP contribution in [-0.2, 0) is 24.4 Å². The van der Waals surface area contributed by atoms with Crippen LogP contribution in [-0.4, -0.2) is 28.5 Å². The highest BCUT2D eigenvalue weighted by atomic mass is 32.9. The molecule has 4 atom stereocenters. The van der Waals surface area contributed by atoms with Gasteiger partial charge >= 0.3 is 0 Å². The molecule has 1 unspecified atom stereocenters. The van der Waals surface area contributed by atoms with Gasteiger partial charge in [0, 0.05) is 17.7 Å². The maximum absolute atomic E-state index is 10.7. The van der Waals surface area contributed by atoms with Crippen LogP contribution < -0.4 is 5.32 Å². The minimum atomic E-state index is -3.45. The zero-order chi connectivity index (χ0) is 15.8. The second kappa shape index (κ2) is 9.52. The number of unbranched alkanes of at least 4 members (excludes halogenated alkanes) is 1. The van der Waals surface area contributed by atoms with E-state index in [1.807, 2.05) is 0 Å². The van der Waals surface area contributed by atoms with Gasteiger partial charge in [0.1, 0.15) is 0 Å². The van der Waals surface area contributed by atoms with Gasteiger partial charge in [0.15, 0.2) is 0 Å². The van der Waals surface area contributed by atoms with Crippen LogP contribution in [0.2, 0.25) is 0 Å². The van der Waals surface area contributed by atoms with Crippen LogP contribution in [0.15, 0.2) is 0 Å². The molecule has 22 heavy (non-hydrogen) atoms. The predicted molar refractivity (Wildman–Crippen MR) is 93.6 cm³/mol. The molecule has 2 N–H and O–H groups in total. The molecule has 0 aliphatic heterocycles. The van der Waals surface area contributed by atoms with E-state index in [1.165, 1.54) is 64.2 Å². The Hall–Kier alpha value is 0.250. The van der Waals surface area contributed by atoms with Crippen LogP contribution in [0.25, 0.3) is 0 Å². The number of nitrogens with one attached hydrogen (secondary N) is 1. The van der Waals surface area contributed by atoms with E-state index in [2.05, 4.69) is 20.7 Å². The Morgan fingerprint density at radius 1 is 1.09 bits per heavy atom. The Bertz CT molecular complexity index is 414. The topological polar surface area (TPSA) is 58.6 Å². The summed E-state index contributed by atoms with van der Waals surface area (Å²) in [7, 11) is -3.45. The SMILES string of the molecule is O=S(O)(=S)OCCNCCCC[C@@H]1CC[C@@H]2CCCC[C@H]2C1. The quantitative estimate of drug-likeness (QED) is 0.624. The minimum absolute atomic E-state index is 0.199. The van der Waals surface area contributed by atoms with Crippen molar-refractivity contribution in [3.63, 3.8) is 0 Å². The van der Waals surface area contributed by atoms with Gasteiger partial charge in [0.05, 0.1) is 6.61 Å². The molecule has 2 aliphatic carbocycles. The van der Waals surface area contributed by atoms with Gasteiger partial charge in [-0.25, -0.2) is 0 Å². The molecule has 0 bridgehead atoms. The molecular weight excluding hydrogens is 318 g/mol. The van der Waals surface area contributed by atoms with E-state index >= 15 is 0 Å². The van der Waals surface area contributed by atoms with Gasteiger partial charge in [0.2, 0.25) is 0 Å². The number of rotatable bonds is 9. The van der Waals surface area contributed by atoms with E-state index in [0.717, 1.165) is 24.3 Å². The molecule has 0 amide bonds. The van der Waals surface area contributed by atoms with Crippen molar-refractivity contribution in [1.29, 1.82) is 0 Å². The lowest BCUT2D eigenvalue weighted by atomic mass is 9.67. The van der Waals surface area contributed by atoms with Crippen molar-refractivity contribution in [2.75, 3.05) is 19.7 Å². The molecule has 2 saturated carbocycles. The third-order valence-electron chi connectivity index (χ3n) is 5.38. The lowest BCUT2D eigenvalue weighted by Gasteiger charge is -2.39. The van der Waals surface area contributed by atoms with E-state index in [1.54, 1.807) is 0 Å². The average molecular weight is 350 g/mol. The summed E-state index contributed by atoms with van der Waals surface area (Å²) in [5, 5.41) is 3.23. The summed E-state index contributed by atoms with van der Waals surface area (Å²) in [6.07, 6.45) is 14.2. The van der Waals surface area contributed by atoms with Gasteiger partial charge in [-0.15, -0.1) is 0 Å². The van der Waals surface area contributed by atoms with Crippen molar-refractivity contribution in [2.24, 2.45) is 17.8 Å². The van der Waals surface area contributed by atoms with Crippen LogP contribution >= 0.6 is 0 Å². The molecule has 130 valence electrons. The van der Waals surface area contributed by atoms with E-state index in [4.69, 9.17) is 4.55 Å². The summed E-state index contributed by atoms with van der Waals surface area (Å²) in [6.45, 7) is 1.73. The molecule has 0 aromatic rings. The van der Waals surface area contributed by atoms with Gasteiger partial charge in [-0.2, -0.15) is 4.21 Å². The molecule has 2 aliphatic rings. The van der Waals surface area contributed by atoms with E-state index in [9.17, 15) is 4.21 Å². The largest absolute Gasteiger partial charge is 0.314 e. The van der Waals surface area contributed by atoms with E-state index < -0.39 is 9.05 Å². The van der Waals surface area contributed by atoms with Crippen molar-refractivity contribution >= 4 is 20.2 Å². The Balaban J connectivity index is 1.45. The van der Waals surface area contributed by atoms with Crippen molar-refractivity contribution in [3.8, 4) is 0 Å². The van der Waals surface area contributed by atoms with Gasteiger partial charge in [-0.3, -0.25) is 8.74 Å². The van der Waals surface area contributed by atoms with Crippen LogP contribution in [0.1, 0.15) is 64.2 Å². The third kappa shape index (κ3) is 7.21. The first kappa shape index (κ1) is 18.6. The highest BCUT2D eigenvalue weighted by molar-refractivity contribution is 8.27. The molecule has 2 fully saturated rings. The second-order valence-electron chi connectivity index (χ2n) is 6.98. The Labute approximate surface area is 140 Å². The molecule has 4 nitrogen and oxygen atoms in total. The van der Waals surface area contributed by atoms with E-state index in [-0.39, 0.29) is 6.61 Å². The summed E-state index contributed by atoms with van der Waals surface area (Å²) in [5.41, 5.74) is 0. The number of hydrogen-bond acceptors (Lipinski definition) is 4. The molecule has 0 aromatic heterocycles. The number of hydrogen-bond donors (Lipinski definition) is 2. The van der Waals surface area contributed by atoms with Crippen LogP contribution in [0.3, 0.4) is 0 Å². The van der Waals surface area contributed by atoms with Crippen molar-refractivity contribution in [1.82, 2.24) is 5.32 Å². The van der Waals surface area contributed by atoms with Crippen molar-refractivity contribution < 1.29 is 12.9 Å². The van der Waals surface area contributed by atoms with Gasteiger partial charge in [0.25, 0.3) is 9.05 Å². The lowest BCUT2D eigenvalue weighted by Crippen LogP contribution is -2.27. The summed E-state index contributed by atoms with van der Waals surface area (Å²) in [4.78, 5) is 0.